The Hall–Kier alpha value is -3.52. The van der Waals surface area contributed by atoms with Crippen LogP contribution < -0.4 is 10.6 Å². The van der Waals surface area contributed by atoms with Crippen molar-refractivity contribution >= 4 is 39.1 Å². The number of thiophene rings is 1. The molecule has 8 heteroatoms. The topological polar surface area (TPSA) is 97.1 Å². The molecule has 2 N–H and O–H groups in total. The number of nitrogens with one attached hydrogen (secondary N) is 2. The second-order valence-electron chi connectivity index (χ2n) is 6.91. The summed E-state index contributed by atoms with van der Waals surface area (Å²) in [5.74, 6) is 0.623. The number of amides is 2. The first kappa shape index (κ1) is 19.8. The summed E-state index contributed by atoms with van der Waals surface area (Å²) < 4.78 is 5.41. The van der Waals surface area contributed by atoms with Crippen LogP contribution in [0.3, 0.4) is 0 Å². The Morgan fingerprint density at radius 1 is 1.07 bits per heavy atom. The van der Waals surface area contributed by atoms with E-state index in [-0.39, 0.29) is 11.8 Å². The van der Waals surface area contributed by atoms with Crippen LogP contribution in [0.5, 0.6) is 0 Å². The molecule has 0 aliphatic carbocycles. The first-order chi connectivity index (χ1) is 14.4. The Balaban J connectivity index is 1.71. The van der Waals surface area contributed by atoms with Gasteiger partial charge in [0.2, 0.25) is 0 Å². The maximum absolute atomic E-state index is 13.1. The van der Waals surface area contributed by atoms with E-state index in [1.54, 1.807) is 37.6 Å². The average molecular weight is 420 g/mol. The van der Waals surface area contributed by atoms with Crippen LogP contribution in [-0.4, -0.2) is 28.8 Å². The number of fused-ring (bicyclic) bond motifs is 1. The molecule has 3 heterocycles. The summed E-state index contributed by atoms with van der Waals surface area (Å²) in [7, 11) is 1.57. The van der Waals surface area contributed by atoms with Crippen LogP contribution in [0, 0.1) is 20.8 Å². The Bertz CT molecular complexity index is 1280. The first-order valence-corrected chi connectivity index (χ1v) is 10.2. The summed E-state index contributed by atoms with van der Waals surface area (Å²) in [5, 5.41) is 6.40. The van der Waals surface area contributed by atoms with Crippen LogP contribution in [0.25, 0.3) is 21.8 Å². The van der Waals surface area contributed by atoms with Gasteiger partial charge in [0.1, 0.15) is 4.83 Å². The van der Waals surface area contributed by atoms with E-state index in [4.69, 9.17) is 4.42 Å². The second kappa shape index (κ2) is 7.72. The number of carbonyl (C=O) groups is 2. The number of furan rings is 1. The van der Waals surface area contributed by atoms with Crippen molar-refractivity contribution in [2.45, 2.75) is 20.8 Å². The van der Waals surface area contributed by atoms with E-state index in [1.807, 2.05) is 26.8 Å². The van der Waals surface area contributed by atoms with E-state index < -0.39 is 0 Å². The molecule has 30 heavy (non-hydrogen) atoms. The fourth-order valence-electron chi connectivity index (χ4n) is 3.29. The van der Waals surface area contributed by atoms with Gasteiger partial charge in [0, 0.05) is 23.7 Å². The number of hydrogen-bond donors (Lipinski definition) is 2. The van der Waals surface area contributed by atoms with Crippen molar-refractivity contribution < 1.29 is 14.0 Å². The van der Waals surface area contributed by atoms with Crippen LogP contribution in [0.1, 0.15) is 36.9 Å². The summed E-state index contributed by atoms with van der Waals surface area (Å²) in [5.41, 5.74) is 3.56. The number of rotatable bonds is 4. The summed E-state index contributed by atoms with van der Waals surface area (Å²) in [6.45, 7) is 5.67. The number of anilines is 1. The number of benzene rings is 1. The van der Waals surface area contributed by atoms with Gasteiger partial charge in [-0.25, -0.2) is 9.97 Å². The molecule has 7 nitrogen and oxygen atoms in total. The molecule has 0 saturated heterocycles. The van der Waals surface area contributed by atoms with Crippen molar-refractivity contribution in [2.24, 2.45) is 0 Å². The van der Waals surface area contributed by atoms with Gasteiger partial charge < -0.3 is 15.1 Å². The van der Waals surface area contributed by atoms with Gasteiger partial charge in [-0.15, -0.1) is 11.3 Å². The van der Waals surface area contributed by atoms with Gasteiger partial charge in [-0.2, -0.15) is 0 Å². The maximum Gasteiger partial charge on any atom is 0.266 e. The standard InChI is InChI=1S/C22H20N4O3S/c1-11-7-8-14(20(27)23-4)10-15(11)25-21(28)18-12(2)17-13(3)24-19(26-22(17)30-18)16-6-5-9-29-16/h5-10H,1-4H3,(H,23,27)(H,25,28). The molecule has 0 radical (unpaired) electrons. The molecule has 0 bridgehead atoms. The molecule has 152 valence electrons. The lowest BCUT2D eigenvalue weighted by atomic mass is 10.1. The molecule has 0 atom stereocenters. The van der Waals surface area contributed by atoms with Gasteiger partial charge in [0.25, 0.3) is 11.8 Å². The molecule has 3 aromatic heterocycles. The largest absolute Gasteiger partial charge is 0.461 e. The fraction of sp³-hybridized carbons (Fsp3) is 0.182. The molecule has 1 aromatic carbocycles. The predicted octanol–water partition coefficient (Wildman–Crippen LogP) is 4.49. The maximum atomic E-state index is 13.1. The summed E-state index contributed by atoms with van der Waals surface area (Å²) in [6.07, 6.45) is 1.58. The van der Waals surface area contributed by atoms with Gasteiger partial charge in [-0.3, -0.25) is 9.59 Å². The highest BCUT2D eigenvalue weighted by Gasteiger charge is 2.21. The minimum Gasteiger partial charge on any atom is -0.461 e. The lowest BCUT2D eigenvalue weighted by Gasteiger charge is -2.10. The lowest BCUT2D eigenvalue weighted by Crippen LogP contribution is -2.19. The first-order valence-electron chi connectivity index (χ1n) is 9.34. The third kappa shape index (κ3) is 3.46. The van der Waals surface area contributed by atoms with Crippen LogP contribution >= 0.6 is 11.3 Å². The highest BCUT2D eigenvalue weighted by Crippen LogP contribution is 2.33. The predicted molar refractivity (Wildman–Crippen MR) is 117 cm³/mol. The zero-order chi connectivity index (χ0) is 21.4. The normalized spacial score (nSPS) is 10.9. The van der Waals surface area contributed by atoms with E-state index in [0.717, 1.165) is 27.0 Å². The highest BCUT2D eigenvalue weighted by molar-refractivity contribution is 7.20. The summed E-state index contributed by atoms with van der Waals surface area (Å²) >= 11 is 1.31. The Morgan fingerprint density at radius 2 is 1.87 bits per heavy atom. The minimum atomic E-state index is -0.244. The molecule has 0 saturated carbocycles. The second-order valence-corrected chi connectivity index (χ2v) is 7.91. The molecule has 0 aliphatic heterocycles. The third-order valence-corrected chi connectivity index (χ3v) is 6.08. The summed E-state index contributed by atoms with van der Waals surface area (Å²) in [4.78, 5) is 35.4. The van der Waals surface area contributed by atoms with Crippen LogP contribution in [0.2, 0.25) is 0 Å². The SMILES string of the molecule is CNC(=O)c1ccc(C)c(NC(=O)c2sc3nc(-c4ccco4)nc(C)c3c2C)c1. The Kier molecular flexibility index (Phi) is 5.09. The lowest BCUT2D eigenvalue weighted by molar-refractivity contribution is 0.0961. The van der Waals surface area contributed by atoms with E-state index >= 15 is 0 Å². The van der Waals surface area contributed by atoms with Crippen LogP contribution in [-0.2, 0) is 0 Å². The number of carbonyl (C=O) groups excluding carboxylic acids is 2. The Morgan fingerprint density at radius 3 is 2.57 bits per heavy atom. The van der Waals surface area contributed by atoms with Crippen molar-refractivity contribution in [1.29, 1.82) is 0 Å². The molecular formula is C22H20N4O3S. The average Bonchev–Trinajstić information content (AvgIpc) is 3.37. The van der Waals surface area contributed by atoms with Crippen LogP contribution in [0.15, 0.2) is 41.0 Å². The number of nitrogens with zero attached hydrogens (tertiary/aromatic N) is 2. The van der Waals surface area contributed by atoms with Gasteiger partial charge in [0.05, 0.1) is 16.8 Å². The van der Waals surface area contributed by atoms with E-state index in [1.165, 1.54) is 11.3 Å². The highest BCUT2D eigenvalue weighted by atomic mass is 32.1. The quantitative estimate of drug-likeness (QED) is 0.507. The van der Waals surface area contributed by atoms with E-state index in [0.29, 0.717) is 27.7 Å². The van der Waals surface area contributed by atoms with Gasteiger partial charge >= 0.3 is 0 Å². The molecule has 0 aliphatic rings. The summed E-state index contributed by atoms with van der Waals surface area (Å²) in [6, 6.07) is 8.80. The van der Waals surface area contributed by atoms with E-state index in [2.05, 4.69) is 20.6 Å². The molecule has 0 fully saturated rings. The Labute approximate surface area is 177 Å². The van der Waals surface area contributed by atoms with Crippen molar-refractivity contribution in [3.05, 3.63) is 63.9 Å². The molecule has 0 unspecified atom stereocenters. The third-order valence-electron chi connectivity index (χ3n) is 4.89. The minimum absolute atomic E-state index is 0.208. The molecule has 0 spiro atoms. The molecule has 4 rings (SSSR count). The van der Waals surface area contributed by atoms with Crippen molar-refractivity contribution in [3.8, 4) is 11.6 Å². The fourth-order valence-corrected chi connectivity index (χ4v) is 4.42. The molecular weight excluding hydrogens is 400 g/mol. The van der Waals surface area contributed by atoms with Crippen molar-refractivity contribution in [3.63, 3.8) is 0 Å². The number of hydrogen-bond acceptors (Lipinski definition) is 6. The zero-order valence-corrected chi connectivity index (χ0v) is 17.8. The van der Waals surface area contributed by atoms with Crippen molar-refractivity contribution in [2.75, 3.05) is 12.4 Å². The monoisotopic (exact) mass is 420 g/mol. The molecule has 2 amide bonds. The van der Waals surface area contributed by atoms with Gasteiger partial charge in [-0.05, 0) is 56.2 Å². The van der Waals surface area contributed by atoms with E-state index in [9.17, 15) is 9.59 Å². The van der Waals surface area contributed by atoms with Crippen LogP contribution in [0.4, 0.5) is 5.69 Å². The van der Waals surface area contributed by atoms with Gasteiger partial charge in [0.15, 0.2) is 11.6 Å². The zero-order valence-electron chi connectivity index (χ0n) is 17.0. The number of aryl methyl sites for hydroxylation is 3. The number of aromatic nitrogens is 2. The van der Waals surface area contributed by atoms with Crippen molar-refractivity contribution in [1.82, 2.24) is 15.3 Å². The molecule has 4 aromatic rings. The van der Waals surface area contributed by atoms with Gasteiger partial charge in [-0.1, -0.05) is 6.07 Å². The smallest absolute Gasteiger partial charge is 0.266 e.